The zero-order valence-corrected chi connectivity index (χ0v) is 10.5. The summed E-state index contributed by atoms with van der Waals surface area (Å²) in [7, 11) is 0. The molecule has 0 fully saturated rings. The van der Waals surface area contributed by atoms with Crippen molar-refractivity contribution in [3.05, 3.63) is 27.4 Å². The molecular formula is C8H10BrN5S. The van der Waals surface area contributed by atoms with E-state index in [1.54, 1.807) is 12.4 Å². The largest absolute Gasteiger partial charge is 0.318 e. The van der Waals surface area contributed by atoms with Gasteiger partial charge in [-0.15, -0.1) is 5.10 Å². The van der Waals surface area contributed by atoms with Crippen molar-refractivity contribution in [1.29, 1.82) is 0 Å². The molecule has 2 aromatic heterocycles. The first-order valence-corrected chi connectivity index (χ1v) is 6.04. The molecule has 7 heteroatoms. The van der Waals surface area contributed by atoms with Crippen LogP contribution in [0.4, 0.5) is 0 Å². The lowest BCUT2D eigenvalue weighted by Crippen LogP contribution is -2.16. The number of hydrogen-bond donors (Lipinski definition) is 1. The molecule has 15 heavy (non-hydrogen) atoms. The summed E-state index contributed by atoms with van der Waals surface area (Å²) >= 11 is 4.75. The van der Waals surface area contributed by atoms with Gasteiger partial charge in [-0.2, -0.15) is 5.10 Å². The van der Waals surface area contributed by atoms with Crippen LogP contribution in [0.3, 0.4) is 0 Å². The van der Waals surface area contributed by atoms with Gasteiger partial charge in [-0.1, -0.05) is 4.49 Å². The zero-order valence-electron chi connectivity index (χ0n) is 8.09. The summed E-state index contributed by atoms with van der Waals surface area (Å²) in [6.07, 6.45) is 3.45. The van der Waals surface area contributed by atoms with Gasteiger partial charge in [0.15, 0.2) is 0 Å². The quantitative estimate of drug-likeness (QED) is 0.930. The number of nitrogens with two attached hydrogens (primary N) is 1. The lowest BCUT2D eigenvalue weighted by molar-refractivity contribution is 0.602. The monoisotopic (exact) mass is 287 g/mol. The van der Waals surface area contributed by atoms with Crippen LogP contribution in [0.25, 0.3) is 0 Å². The smallest absolute Gasteiger partial charge is 0.0860 e. The van der Waals surface area contributed by atoms with E-state index in [1.165, 1.54) is 11.5 Å². The normalized spacial score (nSPS) is 13.0. The Bertz CT molecular complexity index is 438. The fourth-order valence-electron chi connectivity index (χ4n) is 1.38. The van der Waals surface area contributed by atoms with E-state index in [1.807, 2.05) is 11.6 Å². The van der Waals surface area contributed by atoms with Crippen LogP contribution in [-0.4, -0.2) is 19.4 Å². The first-order valence-electron chi connectivity index (χ1n) is 4.48. The Kier molecular flexibility index (Phi) is 3.13. The fourth-order valence-corrected chi connectivity index (χ4v) is 2.43. The Labute approximate surface area is 99.6 Å². The van der Waals surface area contributed by atoms with E-state index in [9.17, 15) is 0 Å². The predicted molar refractivity (Wildman–Crippen MR) is 61.5 cm³/mol. The van der Waals surface area contributed by atoms with Crippen molar-refractivity contribution in [3.8, 4) is 0 Å². The van der Waals surface area contributed by atoms with Crippen LogP contribution in [0.2, 0.25) is 0 Å². The second kappa shape index (κ2) is 4.38. The molecule has 5 nitrogen and oxygen atoms in total. The highest BCUT2D eigenvalue weighted by atomic mass is 79.9. The summed E-state index contributed by atoms with van der Waals surface area (Å²) < 4.78 is 6.60. The highest BCUT2D eigenvalue weighted by molar-refractivity contribution is 9.10. The summed E-state index contributed by atoms with van der Waals surface area (Å²) in [5.74, 6) is 0. The fraction of sp³-hybridized carbons (Fsp3) is 0.375. The minimum Gasteiger partial charge on any atom is -0.318 e. The van der Waals surface area contributed by atoms with Gasteiger partial charge in [0.25, 0.3) is 0 Å². The molecule has 2 rings (SSSR count). The first kappa shape index (κ1) is 10.7. The van der Waals surface area contributed by atoms with Gasteiger partial charge in [0, 0.05) is 6.54 Å². The minimum absolute atomic E-state index is 0.221. The second-order valence-electron chi connectivity index (χ2n) is 2.99. The molecule has 0 saturated heterocycles. The van der Waals surface area contributed by atoms with Crippen molar-refractivity contribution in [3.63, 3.8) is 0 Å². The standard InChI is InChI=1S/C8H10BrN5S/c1-2-14-8(5(9)3-12-14)7(10)6-4-11-13-15-6/h3-4,7H,2,10H2,1H3. The van der Waals surface area contributed by atoms with Gasteiger partial charge in [0.1, 0.15) is 0 Å². The molecule has 80 valence electrons. The van der Waals surface area contributed by atoms with E-state index in [4.69, 9.17) is 5.73 Å². The van der Waals surface area contributed by atoms with E-state index in [0.29, 0.717) is 0 Å². The lowest BCUT2D eigenvalue weighted by Gasteiger charge is -2.11. The third-order valence-electron chi connectivity index (χ3n) is 2.11. The van der Waals surface area contributed by atoms with Crippen LogP contribution in [0.5, 0.6) is 0 Å². The molecule has 2 heterocycles. The van der Waals surface area contributed by atoms with Crippen molar-refractivity contribution < 1.29 is 0 Å². The van der Waals surface area contributed by atoms with Crippen molar-refractivity contribution in [2.24, 2.45) is 5.73 Å². The third kappa shape index (κ3) is 1.95. The molecule has 1 unspecified atom stereocenters. The maximum atomic E-state index is 6.12. The molecule has 0 amide bonds. The van der Waals surface area contributed by atoms with Crippen LogP contribution < -0.4 is 5.73 Å². The van der Waals surface area contributed by atoms with Crippen LogP contribution in [0.15, 0.2) is 16.9 Å². The molecule has 0 saturated carbocycles. The molecule has 0 bridgehead atoms. The summed E-state index contributed by atoms with van der Waals surface area (Å²) in [5, 5.41) is 8.00. The molecule has 0 aromatic carbocycles. The van der Waals surface area contributed by atoms with Gasteiger partial charge >= 0.3 is 0 Å². The van der Waals surface area contributed by atoms with Gasteiger partial charge in [-0.3, -0.25) is 4.68 Å². The molecule has 1 atom stereocenters. The average molecular weight is 288 g/mol. The Morgan fingerprint density at radius 2 is 2.40 bits per heavy atom. The van der Waals surface area contributed by atoms with Crippen molar-refractivity contribution in [1.82, 2.24) is 19.4 Å². The maximum Gasteiger partial charge on any atom is 0.0860 e. The average Bonchev–Trinajstić information content (AvgIpc) is 2.85. The van der Waals surface area contributed by atoms with Crippen molar-refractivity contribution in [2.75, 3.05) is 0 Å². The topological polar surface area (TPSA) is 69.6 Å². The van der Waals surface area contributed by atoms with Crippen molar-refractivity contribution in [2.45, 2.75) is 19.5 Å². The van der Waals surface area contributed by atoms with Crippen LogP contribution in [0.1, 0.15) is 23.5 Å². The SMILES string of the molecule is CCn1ncc(Br)c1C(N)c1cnns1. The molecule has 2 aromatic rings. The van der Waals surface area contributed by atoms with Gasteiger partial charge in [-0.05, 0) is 34.4 Å². The van der Waals surface area contributed by atoms with Crippen LogP contribution >= 0.6 is 27.5 Å². The Morgan fingerprint density at radius 3 is 3.00 bits per heavy atom. The van der Waals surface area contributed by atoms with E-state index in [0.717, 1.165) is 21.6 Å². The van der Waals surface area contributed by atoms with Crippen molar-refractivity contribution >= 4 is 27.5 Å². The number of nitrogens with zero attached hydrogens (tertiary/aromatic N) is 4. The summed E-state index contributed by atoms with van der Waals surface area (Å²) in [6, 6.07) is -0.221. The number of aryl methyl sites for hydroxylation is 1. The molecular weight excluding hydrogens is 278 g/mol. The van der Waals surface area contributed by atoms with E-state index >= 15 is 0 Å². The molecule has 0 aliphatic heterocycles. The molecule has 0 radical (unpaired) electrons. The highest BCUT2D eigenvalue weighted by Crippen LogP contribution is 2.27. The van der Waals surface area contributed by atoms with E-state index in [-0.39, 0.29) is 6.04 Å². The number of rotatable bonds is 3. The van der Waals surface area contributed by atoms with E-state index < -0.39 is 0 Å². The third-order valence-corrected chi connectivity index (χ3v) is 3.47. The Morgan fingerprint density at radius 1 is 1.60 bits per heavy atom. The van der Waals surface area contributed by atoms with Gasteiger partial charge in [0.05, 0.1) is 33.5 Å². The minimum atomic E-state index is -0.221. The Hall–Kier alpha value is -0.790. The first-order chi connectivity index (χ1) is 7.24. The van der Waals surface area contributed by atoms with Crippen LogP contribution in [-0.2, 0) is 6.54 Å². The number of hydrogen-bond acceptors (Lipinski definition) is 5. The zero-order chi connectivity index (χ0) is 10.8. The highest BCUT2D eigenvalue weighted by Gasteiger charge is 2.19. The maximum absolute atomic E-state index is 6.12. The van der Waals surface area contributed by atoms with Gasteiger partial charge in [-0.25, -0.2) is 0 Å². The Balaban J connectivity index is 2.40. The lowest BCUT2D eigenvalue weighted by atomic mass is 10.2. The molecule has 0 spiro atoms. The number of halogens is 1. The number of aromatic nitrogens is 4. The van der Waals surface area contributed by atoms with Gasteiger partial charge in [0.2, 0.25) is 0 Å². The summed E-state index contributed by atoms with van der Waals surface area (Å²) in [6.45, 7) is 2.82. The molecule has 0 aliphatic rings. The van der Waals surface area contributed by atoms with Gasteiger partial charge < -0.3 is 5.73 Å². The van der Waals surface area contributed by atoms with E-state index in [2.05, 4.69) is 30.6 Å². The second-order valence-corrected chi connectivity index (χ2v) is 4.66. The summed E-state index contributed by atoms with van der Waals surface area (Å²) in [5.41, 5.74) is 7.08. The molecule has 0 aliphatic carbocycles. The van der Waals surface area contributed by atoms with Crippen LogP contribution in [0, 0.1) is 0 Å². The predicted octanol–water partition coefficient (Wildman–Crippen LogP) is 1.57. The summed E-state index contributed by atoms with van der Waals surface area (Å²) in [4.78, 5) is 0.936. The molecule has 2 N–H and O–H groups in total.